The fraction of sp³-hybridized carbons (Fsp3) is 0.0909. The third kappa shape index (κ3) is 3.41. The van der Waals surface area contributed by atoms with Gasteiger partial charge in [0, 0.05) is 17.5 Å². The minimum absolute atomic E-state index is 0.00889. The zero-order valence-corrected chi connectivity index (χ0v) is 9.13. The van der Waals surface area contributed by atoms with Crippen molar-refractivity contribution in [1.29, 1.82) is 0 Å². The van der Waals surface area contributed by atoms with Gasteiger partial charge in [-0.05, 0) is 12.1 Å². The molecule has 0 amide bonds. The first-order valence-corrected chi connectivity index (χ1v) is 4.77. The van der Waals surface area contributed by atoms with Crippen molar-refractivity contribution in [3.05, 3.63) is 36.2 Å². The summed E-state index contributed by atoms with van der Waals surface area (Å²) in [6.45, 7) is 3.40. The molecule has 0 saturated carbocycles. The molecule has 1 rings (SSSR count). The number of allylic oxidation sites excluding steroid dienone is 1. The van der Waals surface area contributed by atoms with E-state index in [-0.39, 0.29) is 17.1 Å². The molecule has 7 nitrogen and oxygen atoms in total. The lowest BCUT2D eigenvalue weighted by Crippen LogP contribution is -2.32. The van der Waals surface area contributed by atoms with Crippen LogP contribution in [-0.4, -0.2) is 22.7 Å². The summed E-state index contributed by atoms with van der Waals surface area (Å²) in [4.78, 5) is 35.5. The Balaban J connectivity index is 2.79. The van der Waals surface area contributed by atoms with E-state index in [4.69, 9.17) is 0 Å². The molecule has 0 fully saturated rings. The number of nitrogens with one attached hydrogen (secondary N) is 1. The predicted molar refractivity (Wildman–Crippen MR) is 56.0 cm³/mol. The molecule has 7 heteroatoms. The first-order valence-electron chi connectivity index (χ1n) is 4.77. The van der Waals surface area contributed by atoms with E-state index < -0.39 is 24.1 Å². The van der Waals surface area contributed by atoms with Crippen LogP contribution in [0.1, 0.15) is 16.8 Å². The molecule has 0 atom stereocenters. The van der Waals surface area contributed by atoms with Gasteiger partial charge >= 0.3 is 0 Å². The average molecular weight is 248 g/mol. The van der Waals surface area contributed by atoms with Crippen molar-refractivity contribution in [1.82, 2.24) is 4.98 Å². The highest BCUT2D eigenvalue weighted by Gasteiger charge is 2.09. The number of carboxylic acid groups (broad SMARTS) is 2. The van der Waals surface area contributed by atoms with Crippen molar-refractivity contribution >= 4 is 23.5 Å². The second kappa shape index (κ2) is 5.58. The fourth-order valence-corrected chi connectivity index (χ4v) is 1.15. The first kappa shape index (κ1) is 13.4. The maximum absolute atomic E-state index is 10.9. The van der Waals surface area contributed by atoms with E-state index in [1.54, 1.807) is 0 Å². The zero-order valence-electron chi connectivity index (χ0n) is 9.13. The van der Waals surface area contributed by atoms with Crippen molar-refractivity contribution < 1.29 is 24.6 Å². The minimum atomic E-state index is -1.83. The maximum Gasteiger partial charge on any atom is 0.184 e. The Bertz CT molecular complexity index is 524. The predicted octanol–water partition coefficient (Wildman–Crippen LogP) is -1.92. The maximum atomic E-state index is 10.9. The Hall–Kier alpha value is -2.70. The third-order valence-electron chi connectivity index (χ3n) is 1.92. The summed E-state index contributed by atoms with van der Waals surface area (Å²) in [5.74, 6) is -4.53. The van der Waals surface area contributed by atoms with Crippen LogP contribution >= 0.6 is 0 Å². The number of hydrogen-bond donors (Lipinski definition) is 1. The van der Waals surface area contributed by atoms with Crippen LogP contribution in [-0.2, 0) is 9.59 Å². The number of anilines is 1. The van der Waals surface area contributed by atoms with Gasteiger partial charge in [0.25, 0.3) is 0 Å². The van der Waals surface area contributed by atoms with Crippen LogP contribution in [0.3, 0.4) is 0 Å². The van der Waals surface area contributed by atoms with E-state index >= 15 is 0 Å². The summed E-state index contributed by atoms with van der Waals surface area (Å²) < 4.78 is 0. The van der Waals surface area contributed by atoms with Gasteiger partial charge in [-0.2, -0.15) is 0 Å². The Morgan fingerprint density at radius 1 is 1.33 bits per heavy atom. The molecule has 0 aliphatic rings. The Kier molecular flexibility index (Phi) is 4.14. The third-order valence-corrected chi connectivity index (χ3v) is 1.92. The van der Waals surface area contributed by atoms with Crippen molar-refractivity contribution in [3.63, 3.8) is 0 Å². The lowest BCUT2D eigenvalue weighted by atomic mass is 10.2. The van der Waals surface area contributed by atoms with E-state index in [0.717, 1.165) is 0 Å². The number of ketones is 1. The van der Waals surface area contributed by atoms with E-state index in [2.05, 4.69) is 16.9 Å². The molecule has 94 valence electrons. The van der Waals surface area contributed by atoms with Crippen LogP contribution in [0.5, 0.6) is 0 Å². The highest BCUT2D eigenvalue weighted by Crippen LogP contribution is 2.13. The summed E-state index contributed by atoms with van der Waals surface area (Å²) >= 11 is 0. The topological polar surface area (TPSA) is 122 Å². The second-order valence-corrected chi connectivity index (χ2v) is 3.30. The number of aliphatic carboxylic acids is 1. The number of aromatic carboxylic acids is 1. The quantitative estimate of drug-likeness (QED) is 0.582. The molecule has 1 aromatic heterocycles. The van der Waals surface area contributed by atoms with Gasteiger partial charge in [0.1, 0.15) is 11.8 Å². The lowest BCUT2D eigenvalue weighted by Gasteiger charge is -2.12. The van der Waals surface area contributed by atoms with Gasteiger partial charge in [-0.15, -0.1) is 0 Å². The van der Waals surface area contributed by atoms with Crippen LogP contribution in [0.2, 0.25) is 0 Å². The molecule has 0 aliphatic carbocycles. The molecule has 0 unspecified atom stereocenters. The molecule has 1 aromatic rings. The largest absolute Gasteiger partial charge is 0.545 e. The number of carbonyl (C=O) groups is 3. The van der Waals surface area contributed by atoms with Crippen molar-refractivity contribution in [2.75, 3.05) is 5.32 Å². The van der Waals surface area contributed by atoms with Crippen LogP contribution < -0.4 is 15.5 Å². The molecule has 0 aliphatic heterocycles. The van der Waals surface area contributed by atoms with Gasteiger partial charge in [0.05, 0.1) is 12.4 Å². The molecular formula is C11H8N2O5-2. The molecule has 0 aromatic carbocycles. The lowest BCUT2D eigenvalue weighted by molar-refractivity contribution is -0.299. The highest BCUT2D eigenvalue weighted by molar-refractivity contribution is 6.32. The molecular weight excluding hydrogens is 240 g/mol. The van der Waals surface area contributed by atoms with Gasteiger partial charge in [-0.3, -0.25) is 4.79 Å². The van der Waals surface area contributed by atoms with Gasteiger partial charge in [0.2, 0.25) is 0 Å². The summed E-state index contributed by atoms with van der Waals surface area (Å²) in [5, 5.41) is 23.4. The normalized spacial score (nSPS) is 9.56. The van der Waals surface area contributed by atoms with Crippen LogP contribution in [0.25, 0.3) is 0 Å². The standard InChI is InChI=1S/C11H10N2O5/c1-6(5-8(14)11(17)18)13-9-7(10(15)16)3-2-4-12-9/h2-4H,1,5H2,(H,12,13)(H,15,16)(H,17,18)/p-2. The summed E-state index contributed by atoms with van der Waals surface area (Å²) in [6.07, 6.45) is 0.800. The number of aromatic nitrogens is 1. The van der Waals surface area contributed by atoms with E-state index in [0.29, 0.717) is 0 Å². The van der Waals surface area contributed by atoms with E-state index in [9.17, 15) is 24.6 Å². The number of carbonyl (C=O) groups excluding carboxylic acids is 3. The molecule has 0 bridgehead atoms. The summed E-state index contributed by atoms with van der Waals surface area (Å²) in [7, 11) is 0. The van der Waals surface area contributed by atoms with Gasteiger partial charge in [-0.1, -0.05) is 6.58 Å². The van der Waals surface area contributed by atoms with Gasteiger partial charge in [0.15, 0.2) is 5.78 Å². The molecule has 0 saturated heterocycles. The zero-order chi connectivity index (χ0) is 13.7. The Morgan fingerprint density at radius 3 is 2.56 bits per heavy atom. The molecule has 1 heterocycles. The van der Waals surface area contributed by atoms with Crippen molar-refractivity contribution in [3.8, 4) is 0 Å². The SMILES string of the molecule is C=C(CC(=O)C(=O)[O-])Nc1ncccc1C(=O)[O-]. The number of hydrogen-bond acceptors (Lipinski definition) is 7. The average Bonchev–Trinajstić information content (AvgIpc) is 2.28. The van der Waals surface area contributed by atoms with Gasteiger partial charge in [-0.25, -0.2) is 4.98 Å². The van der Waals surface area contributed by atoms with Gasteiger partial charge < -0.3 is 25.1 Å². The van der Waals surface area contributed by atoms with E-state index in [1.165, 1.54) is 18.3 Å². The number of rotatable bonds is 6. The smallest absolute Gasteiger partial charge is 0.184 e. The fourth-order valence-electron chi connectivity index (χ4n) is 1.15. The van der Waals surface area contributed by atoms with E-state index in [1.807, 2.05) is 0 Å². The number of Topliss-reactive ketones (excluding diaryl/α,β-unsaturated/α-hetero) is 1. The van der Waals surface area contributed by atoms with Crippen LogP contribution in [0.4, 0.5) is 5.82 Å². The minimum Gasteiger partial charge on any atom is -0.545 e. The summed E-state index contributed by atoms with van der Waals surface area (Å²) in [5.41, 5.74) is -0.232. The molecule has 18 heavy (non-hydrogen) atoms. The monoisotopic (exact) mass is 248 g/mol. The summed E-state index contributed by atoms with van der Waals surface area (Å²) in [6, 6.07) is 2.64. The Labute approximate surface area is 102 Å². The highest BCUT2D eigenvalue weighted by atomic mass is 16.4. The number of carboxylic acids is 2. The second-order valence-electron chi connectivity index (χ2n) is 3.30. The van der Waals surface area contributed by atoms with Crippen LogP contribution in [0.15, 0.2) is 30.6 Å². The van der Waals surface area contributed by atoms with Crippen LogP contribution in [0, 0.1) is 0 Å². The number of pyridine rings is 1. The Morgan fingerprint density at radius 2 is 2.00 bits per heavy atom. The molecule has 0 radical (unpaired) electrons. The van der Waals surface area contributed by atoms with Crippen molar-refractivity contribution in [2.45, 2.75) is 6.42 Å². The molecule has 0 spiro atoms. The molecule has 1 N–H and O–H groups in total. The number of nitrogens with zero attached hydrogens (tertiary/aromatic N) is 1. The first-order chi connectivity index (χ1) is 8.41. The van der Waals surface area contributed by atoms with Crippen molar-refractivity contribution in [2.24, 2.45) is 0 Å².